The van der Waals surface area contributed by atoms with Crippen molar-refractivity contribution < 1.29 is 23.5 Å². The number of rotatable bonds is 12. The van der Waals surface area contributed by atoms with Gasteiger partial charge in [0.05, 0.1) is 19.8 Å². The van der Waals surface area contributed by atoms with E-state index in [0.717, 1.165) is 44.1 Å². The van der Waals surface area contributed by atoms with Gasteiger partial charge in [-0.15, -0.1) is 0 Å². The van der Waals surface area contributed by atoms with Gasteiger partial charge in [0.15, 0.2) is 0 Å². The number of unbranched alkanes of at least 4 members (excludes halogenated alkanes) is 4. The summed E-state index contributed by atoms with van der Waals surface area (Å²) < 4.78 is 23.8. The highest BCUT2D eigenvalue weighted by molar-refractivity contribution is 5.89. The topological polar surface area (TPSA) is 67.9 Å². The van der Waals surface area contributed by atoms with Crippen LogP contribution in [0.15, 0.2) is 48.5 Å². The lowest BCUT2D eigenvalue weighted by Crippen LogP contribution is -2.31. The maximum absolute atomic E-state index is 13.3. The Morgan fingerprint density at radius 2 is 1.44 bits per heavy atom. The molecular weight excluding hydrogens is 411 g/mol. The van der Waals surface area contributed by atoms with Crippen molar-refractivity contribution in [2.24, 2.45) is 0 Å². The molecule has 6 nitrogen and oxygen atoms in total. The minimum atomic E-state index is -0.507. The number of hydrogen-bond donors (Lipinski definition) is 1. The minimum Gasteiger partial charge on any atom is -0.449 e. The SMILES string of the molecule is CCCCCOC(=O)Nc1ccc(N(Cc2ccc(F)cc2)C(=O)OCCCCC)cc1. The zero-order valence-corrected chi connectivity index (χ0v) is 18.9. The third kappa shape index (κ3) is 8.96. The summed E-state index contributed by atoms with van der Waals surface area (Å²) >= 11 is 0. The van der Waals surface area contributed by atoms with E-state index in [0.29, 0.717) is 24.6 Å². The number of halogens is 1. The maximum Gasteiger partial charge on any atom is 0.414 e. The summed E-state index contributed by atoms with van der Waals surface area (Å²) in [5.41, 5.74) is 1.94. The number of amides is 2. The fourth-order valence-electron chi connectivity index (χ4n) is 3.02. The predicted molar refractivity (Wildman–Crippen MR) is 124 cm³/mol. The fraction of sp³-hybridized carbons (Fsp3) is 0.440. The number of benzene rings is 2. The zero-order valence-electron chi connectivity index (χ0n) is 18.9. The van der Waals surface area contributed by atoms with E-state index in [-0.39, 0.29) is 12.4 Å². The molecule has 0 aliphatic carbocycles. The van der Waals surface area contributed by atoms with Crippen LogP contribution >= 0.6 is 0 Å². The largest absolute Gasteiger partial charge is 0.449 e. The number of nitrogens with zero attached hydrogens (tertiary/aromatic N) is 1. The highest BCUT2D eigenvalue weighted by Gasteiger charge is 2.18. The van der Waals surface area contributed by atoms with Gasteiger partial charge in [-0.2, -0.15) is 0 Å². The molecule has 0 atom stereocenters. The molecule has 2 rings (SSSR count). The quantitative estimate of drug-likeness (QED) is 0.362. The van der Waals surface area contributed by atoms with Gasteiger partial charge >= 0.3 is 12.2 Å². The average molecular weight is 445 g/mol. The van der Waals surface area contributed by atoms with Crippen LogP contribution in [0.3, 0.4) is 0 Å². The molecule has 0 aliphatic rings. The Hall–Kier alpha value is -3.09. The molecule has 7 heteroatoms. The molecule has 0 spiro atoms. The van der Waals surface area contributed by atoms with Gasteiger partial charge in [0.1, 0.15) is 5.82 Å². The van der Waals surface area contributed by atoms with E-state index in [1.807, 2.05) is 0 Å². The molecule has 0 aromatic heterocycles. The van der Waals surface area contributed by atoms with Gasteiger partial charge in [0.2, 0.25) is 0 Å². The number of ether oxygens (including phenoxy) is 2. The van der Waals surface area contributed by atoms with Crippen LogP contribution in [-0.2, 0) is 16.0 Å². The molecule has 32 heavy (non-hydrogen) atoms. The third-order valence-corrected chi connectivity index (χ3v) is 4.85. The lowest BCUT2D eigenvalue weighted by atomic mass is 10.2. The van der Waals surface area contributed by atoms with Gasteiger partial charge in [-0.1, -0.05) is 51.7 Å². The van der Waals surface area contributed by atoms with Crippen molar-refractivity contribution in [3.8, 4) is 0 Å². The Morgan fingerprint density at radius 1 is 0.844 bits per heavy atom. The Bertz CT molecular complexity index is 825. The summed E-state index contributed by atoms with van der Waals surface area (Å²) in [6.45, 7) is 5.13. The monoisotopic (exact) mass is 444 g/mol. The molecule has 0 aliphatic heterocycles. The van der Waals surface area contributed by atoms with E-state index >= 15 is 0 Å². The van der Waals surface area contributed by atoms with Crippen LogP contribution in [0.1, 0.15) is 57.9 Å². The van der Waals surface area contributed by atoms with Crippen LogP contribution in [-0.4, -0.2) is 25.4 Å². The Morgan fingerprint density at radius 3 is 2.03 bits per heavy atom. The molecule has 0 heterocycles. The van der Waals surface area contributed by atoms with E-state index in [1.54, 1.807) is 36.4 Å². The number of carbonyl (C=O) groups is 2. The first-order valence-electron chi connectivity index (χ1n) is 11.3. The molecule has 2 aromatic rings. The standard InChI is InChI=1S/C25H33FN2O4/c1-3-5-7-17-31-24(29)27-22-13-15-23(16-14-22)28(25(30)32-18-8-6-4-2)19-20-9-11-21(26)12-10-20/h9-16H,3-8,17-19H2,1-2H3,(H,27,29). The fourth-order valence-corrected chi connectivity index (χ4v) is 3.02. The lowest BCUT2D eigenvalue weighted by Gasteiger charge is -2.23. The van der Waals surface area contributed by atoms with E-state index in [2.05, 4.69) is 19.2 Å². The predicted octanol–water partition coefficient (Wildman–Crippen LogP) is 6.90. The van der Waals surface area contributed by atoms with Crippen molar-refractivity contribution in [1.82, 2.24) is 0 Å². The molecule has 174 valence electrons. The van der Waals surface area contributed by atoms with Crippen molar-refractivity contribution in [2.75, 3.05) is 23.4 Å². The summed E-state index contributed by atoms with van der Waals surface area (Å²) in [5, 5.41) is 2.68. The molecular formula is C25H33FN2O4. The van der Waals surface area contributed by atoms with Crippen LogP contribution < -0.4 is 10.2 Å². The van der Waals surface area contributed by atoms with Gasteiger partial charge in [0, 0.05) is 11.4 Å². The Labute approximate surface area is 189 Å². The molecule has 0 saturated carbocycles. The van der Waals surface area contributed by atoms with Crippen LogP contribution in [0, 0.1) is 5.82 Å². The number of nitrogens with one attached hydrogen (secondary N) is 1. The molecule has 0 unspecified atom stereocenters. The van der Waals surface area contributed by atoms with E-state index in [1.165, 1.54) is 17.0 Å². The van der Waals surface area contributed by atoms with Gasteiger partial charge in [-0.25, -0.2) is 14.0 Å². The Balaban J connectivity index is 2.04. The van der Waals surface area contributed by atoms with Gasteiger partial charge in [-0.3, -0.25) is 10.2 Å². The molecule has 2 amide bonds. The van der Waals surface area contributed by atoms with Crippen molar-refractivity contribution >= 4 is 23.6 Å². The second-order valence-corrected chi connectivity index (χ2v) is 7.55. The van der Waals surface area contributed by atoms with Crippen LogP contribution in [0.2, 0.25) is 0 Å². The smallest absolute Gasteiger partial charge is 0.414 e. The summed E-state index contributed by atoms with van der Waals surface area (Å²) in [6, 6.07) is 12.8. The van der Waals surface area contributed by atoms with Gasteiger partial charge in [0.25, 0.3) is 0 Å². The van der Waals surface area contributed by atoms with Crippen LogP contribution in [0.4, 0.5) is 25.4 Å². The Kier molecular flexibility index (Phi) is 11.1. The van der Waals surface area contributed by atoms with Crippen LogP contribution in [0.5, 0.6) is 0 Å². The normalized spacial score (nSPS) is 10.5. The second kappa shape index (κ2) is 14.1. The summed E-state index contributed by atoms with van der Waals surface area (Å²) in [5.74, 6) is -0.334. The van der Waals surface area contributed by atoms with E-state index < -0.39 is 12.2 Å². The van der Waals surface area contributed by atoms with E-state index in [4.69, 9.17) is 9.47 Å². The maximum atomic E-state index is 13.3. The summed E-state index contributed by atoms with van der Waals surface area (Å²) in [7, 11) is 0. The van der Waals surface area contributed by atoms with Crippen molar-refractivity contribution in [3.63, 3.8) is 0 Å². The molecule has 0 radical (unpaired) electrons. The number of hydrogen-bond acceptors (Lipinski definition) is 4. The molecule has 0 bridgehead atoms. The zero-order chi connectivity index (χ0) is 23.2. The number of anilines is 2. The van der Waals surface area contributed by atoms with Crippen molar-refractivity contribution in [3.05, 3.63) is 59.9 Å². The first-order chi connectivity index (χ1) is 15.5. The summed E-state index contributed by atoms with van der Waals surface area (Å²) in [6.07, 6.45) is 4.75. The lowest BCUT2D eigenvalue weighted by molar-refractivity contribution is 0.151. The second-order valence-electron chi connectivity index (χ2n) is 7.55. The highest BCUT2D eigenvalue weighted by Crippen LogP contribution is 2.22. The summed E-state index contributed by atoms with van der Waals surface area (Å²) in [4.78, 5) is 26.1. The first kappa shape index (κ1) is 25.2. The average Bonchev–Trinajstić information content (AvgIpc) is 2.80. The third-order valence-electron chi connectivity index (χ3n) is 4.85. The van der Waals surface area contributed by atoms with Crippen molar-refractivity contribution in [2.45, 2.75) is 58.9 Å². The first-order valence-corrected chi connectivity index (χ1v) is 11.3. The van der Waals surface area contributed by atoms with Gasteiger partial charge in [-0.05, 0) is 54.8 Å². The minimum absolute atomic E-state index is 0.235. The van der Waals surface area contributed by atoms with Crippen molar-refractivity contribution in [1.29, 1.82) is 0 Å². The molecule has 0 saturated heterocycles. The van der Waals surface area contributed by atoms with Gasteiger partial charge < -0.3 is 9.47 Å². The molecule has 1 N–H and O–H groups in total. The number of carbonyl (C=O) groups excluding carboxylic acids is 2. The van der Waals surface area contributed by atoms with Crippen LogP contribution in [0.25, 0.3) is 0 Å². The van der Waals surface area contributed by atoms with E-state index in [9.17, 15) is 14.0 Å². The highest BCUT2D eigenvalue weighted by atomic mass is 19.1. The molecule has 2 aromatic carbocycles. The molecule has 0 fully saturated rings.